The molecule has 0 atom stereocenters. The summed E-state index contributed by atoms with van der Waals surface area (Å²) in [7, 11) is -1.93. The highest BCUT2D eigenvalue weighted by molar-refractivity contribution is 7.91. The predicted molar refractivity (Wildman–Crippen MR) is 94.6 cm³/mol. The summed E-state index contributed by atoms with van der Waals surface area (Å²) in [6.45, 7) is 4.25. The molecule has 2 rings (SSSR count). The van der Waals surface area contributed by atoms with Gasteiger partial charge in [-0.1, -0.05) is 6.07 Å². The number of nitrogens with zero attached hydrogens (tertiary/aromatic N) is 3. The number of amides is 1. The Morgan fingerprint density at radius 2 is 2.17 bits per heavy atom. The fourth-order valence-corrected chi connectivity index (χ4v) is 4.59. The monoisotopic (exact) mass is 370 g/mol. The Balaban J connectivity index is 1.83. The summed E-state index contributed by atoms with van der Waals surface area (Å²) < 4.78 is 27.9. The zero-order chi connectivity index (χ0) is 17.7. The van der Waals surface area contributed by atoms with Crippen molar-refractivity contribution in [2.45, 2.75) is 36.9 Å². The topological polar surface area (TPSA) is 84.3 Å². The Bertz CT molecular complexity index is 767. The van der Waals surface area contributed by atoms with E-state index in [1.54, 1.807) is 34.5 Å². The molecule has 0 saturated heterocycles. The van der Waals surface area contributed by atoms with Crippen molar-refractivity contribution in [1.29, 1.82) is 0 Å². The van der Waals surface area contributed by atoms with Crippen LogP contribution < -0.4 is 5.32 Å². The largest absolute Gasteiger partial charge is 0.311 e. The zero-order valence-corrected chi connectivity index (χ0v) is 15.6. The number of carbonyl (C=O) groups is 1. The second-order valence-electron chi connectivity index (χ2n) is 5.67. The van der Waals surface area contributed by atoms with E-state index in [0.717, 1.165) is 0 Å². The van der Waals surface area contributed by atoms with Crippen LogP contribution in [-0.4, -0.2) is 42.0 Å². The van der Waals surface area contributed by atoms with Crippen LogP contribution >= 0.6 is 11.3 Å². The van der Waals surface area contributed by atoms with Gasteiger partial charge in [-0.25, -0.2) is 17.4 Å². The molecule has 1 amide bonds. The van der Waals surface area contributed by atoms with Gasteiger partial charge in [-0.15, -0.1) is 11.3 Å². The fraction of sp³-hybridized carbons (Fsp3) is 0.467. The molecule has 0 aromatic carbocycles. The molecule has 1 N–H and O–H groups in total. The molecule has 9 heteroatoms. The molecular weight excluding hydrogens is 348 g/mol. The second kappa shape index (κ2) is 7.91. The van der Waals surface area contributed by atoms with Crippen molar-refractivity contribution in [2.24, 2.45) is 0 Å². The van der Waals surface area contributed by atoms with Gasteiger partial charge in [0.2, 0.25) is 5.91 Å². The highest BCUT2D eigenvalue weighted by atomic mass is 32.2. The van der Waals surface area contributed by atoms with Crippen molar-refractivity contribution in [2.75, 3.05) is 18.9 Å². The van der Waals surface area contributed by atoms with Crippen molar-refractivity contribution in [3.8, 4) is 0 Å². The lowest BCUT2D eigenvalue weighted by Gasteiger charge is -2.16. The smallest absolute Gasteiger partial charge is 0.252 e. The maximum atomic E-state index is 12.3. The summed E-state index contributed by atoms with van der Waals surface area (Å²) in [5.74, 6) is 0.494. The van der Waals surface area contributed by atoms with E-state index < -0.39 is 10.0 Å². The third-order valence-corrected chi connectivity index (χ3v) is 6.69. The van der Waals surface area contributed by atoms with Gasteiger partial charge in [-0.3, -0.25) is 4.79 Å². The minimum Gasteiger partial charge on any atom is -0.311 e. The first-order valence-electron chi connectivity index (χ1n) is 7.65. The maximum absolute atomic E-state index is 12.3. The minimum atomic E-state index is -3.46. The summed E-state index contributed by atoms with van der Waals surface area (Å²) in [6, 6.07) is 5.18. The summed E-state index contributed by atoms with van der Waals surface area (Å²) in [4.78, 5) is 12.0. The third-order valence-electron chi connectivity index (χ3n) is 3.46. The van der Waals surface area contributed by atoms with Gasteiger partial charge in [0.05, 0.1) is 6.20 Å². The molecule has 0 spiro atoms. The molecule has 2 heterocycles. The van der Waals surface area contributed by atoms with Gasteiger partial charge in [0, 0.05) is 32.1 Å². The van der Waals surface area contributed by atoms with E-state index in [9.17, 15) is 13.2 Å². The quantitative estimate of drug-likeness (QED) is 0.774. The number of aromatic nitrogens is 2. The Kier molecular flexibility index (Phi) is 6.14. The molecule has 0 aliphatic rings. The summed E-state index contributed by atoms with van der Waals surface area (Å²) in [6.07, 6.45) is 2.33. The van der Waals surface area contributed by atoms with E-state index >= 15 is 0 Å². The normalized spacial score (nSPS) is 12.0. The molecule has 2 aromatic heterocycles. The van der Waals surface area contributed by atoms with Crippen LogP contribution in [0.2, 0.25) is 0 Å². The molecule has 7 nitrogen and oxygen atoms in total. The molecule has 0 saturated carbocycles. The van der Waals surface area contributed by atoms with Crippen LogP contribution in [0, 0.1) is 0 Å². The first-order valence-corrected chi connectivity index (χ1v) is 9.97. The lowest BCUT2D eigenvalue weighted by molar-refractivity contribution is -0.116. The van der Waals surface area contributed by atoms with Crippen LogP contribution in [0.4, 0.5) is 5.82 Å². The van der Waals surface area contributed by atoms with Gasteiger partial charge in [0.1, 0.15) is 10.0 Å². The van der Waals surface area contributed by atoms with Gasteiger partial charge < -0.3 is 5.32 Å². The number of sulfonamides is 1. The first-order chi connectivity index (χ1) is 11.3. The highest BCUT2D eigenvalue weighted by Gasteiger charge is 2.21. The average Bonchev–Trinajstić information content (AvgIpc) is 3.18. The molecule has 0 unspecified atom stereocenters. The van der Waals surface area contributed by atoms with Crippen molar-refractivity contribution in [3.63, 3.8) is 0 Å². The second-order valence-corrected chi connectivity index (χ2v) is 8.88. The Morgan fingerprint density at radius 1 is 1.42 bits per heavy atom. The van der Waals surface area contributed by atoms with E-state index in [1.165, 1.54) is 22.7 Å². The lowest BCUT2D eigenvalue weighted by Crippen LogP contribution is -2.28. The Hall–Kier alpha value is -1.71. The molecule has 2 aromatic rings. The lowest BCUT2D eigenvalue weighted by atomic mass is 10.3. The number of anilines is 1. The fourth-order valence-electron chi connectivity index (χ4n) is 2.18. The van der Waals surface area contributed by atoms with Gasteiger partial charge in [-0.05, 0) is 31.7 Å². The predicted octanol–water partition coefficient (Wildman–Crippen LogP) is 2.56. The van der Waals surface area contributed by atoms with Gasteiger partial charge >= 0.3 is 0 Å². The SMILES string of the molecule is CC(C)n1nccc1NC(=O)CCCN(C)S(=O)(=O)c1cccs1. The van der Waals surface area contributed by atoms with E-state index in [-0.39, 0.29) is 24.9 Å². The number of carbonyl (C=O) groups excluding carboxylic acids is 1. The van der Waals surface area contributed by atoms with Crippen molar-refractivity contribution in [3.05, 3.63) is 29.8 Å². The number of rotatable bonds is 8. The van der Waals surface area contributed by atoms with E-state index in [2.05, 4.69) is 10.4 Å². The average molecular weight is 370 g/mol. The van der Waals surface area contributed by atoms with Crippen LogP contribution in [0.3, 0.4) is 0 Å². The third kappa shape index (κ3) is 4.43. The molecule has 0 aliphatic heterocycles. The molecule has 132 valence electrons. The van der Waals surface area contributed by atoms with Crippen molar-refractivity contribution >= 4 is 33.1 Å². The van der Waals surface area contributed by atoms with E-state index in [4.69, 9.17) is 0 Å². The standard InChI is InChI=1S/C15H22N4O3S2/c1-12(2)19-13(8-9-16-19)17-14(20)6-4-10-18(3)24(21,22)15-7-5-11-23-15/h5,7-9,11-12H,4,6,10H2,1-3H3,(H,17,20). The summed E-state index contributed by atoms with van der Waals surface area (Å²) in [5.41, 5.74) is 0. The molecule has 24 heavy (non-hydrogen) atoms. The van der Waals surface area contributed by atoms with E-state index in [1.807, 2.05) is 13.8 Å². The zero-order valence-electron chi connectivity index (χ0n) is 14.0. The van der Waals surface area contributed by atoms with Crippen LogP contribution in [0.5, 0.6) is 0 Å². The number of hydrogen-bond acceptors (Lipinski definition) is 5. The van der Waals surface area contributed by atoms with Crippen LogP contribution in [0.15, 0.2) is 34.0 Å². The highest BCUT2D eigenvalue weighted by Crippen LogP contribution is 2.20. The van der Waals surface area contributed by atoms with Crippen LogP contribution in [-0.2, 0) is 14.8 Å². The molecule has 0 radical (unpaired) electrons. The van der Waals surface area contributed by atoms with Crippen molar-refractivity contribution < 1.29 is 13.2 Å². The van der Waals surface area contributed by atoms with Crippen molar-refractivity contribution in [1.82, 2.24) is 14.1 Å². The minimum absolute atomic E-state index is 0.150. The first kappa shape index (κ1) is 18.6. The number of hydrogen-bond donors (Lipinski definition) is 1. The number of nitrogens with one attached hydrogen (secondary N) is 1. The van der Waals surface area contributed by atoms with Gasteiger partial charge in [-0.2, -0.15) is 5.10 Å². The Morgan fingerprint density at radius 3 is 2.79 bits per heavy atom. The Labute approximate surface area is 146 Å². The summed E-state index contributed by atoms with van der Waals surface area (Å²) in [5, 5.41) is 8.69. The van der Waals surface area contributed by atoms with Gasteiger partial charge in [0.15, 0.2) is 0 Å². The molecular formula is C15H22N4O3S2. The van der Waals surface area contributed by atoms with E-state index in [0.29, 0.717) is 16.4 Å². The molecule has 0 bridgehead atoms. The van der Waals surface area contributed by atoms with Gasteiger partial charge in [0.25, 0.3) is 10.0 Å². The molecule has 0 fully saturated rings. The maximum Gasteiger partial charge on any atom is 0.252 e. The van der Waals surface area contributed by atoms with Crippen LogP contribution in [0.1, 0.15) is 32.7 Å². The number of thiophene rings is 1. The van der Waals surface area contributed by atoms with Crippen LogP contribution in [0.25, 0.3) is 0 Å². The molecule has 0 aliphatic carbocycles. The summed E-state index contributed by atoms with van der Waals surface area (Å²) >= 11 is 1.19.